The fourth-order valence-corrected chi connectivity index (χ4v) is 2.54. The molecule has 0 fully saturated rings. The van der Waals surface area contributed by atoms with Gasteiger partial charge in [-0.1, -0.05) is 23.2 Å². The largest absolute Gasteiger partial charge is 0.303 e. The Kier molecular flexibility index (Phi) is 2.72. The summed E-state index contributed by atoms with van der Waals surface area (Å²) >= 11 is 13.1. The molecule has 0 spiro atoms. The number of carbonyl (C=O) groups is 1. The Balaban J connectivity index is 2.63. The van der Waals surface area contributed by atoms with Crippen LogP contribution in [-0.2, 0) is 11.2 Å². The molecule has 2 aromatic heterocycles. The molecule has 2 rings (SSSR count). The first-order valence-electron chi connectivity index (χ1n) is 3.89. The number of pyridine rings is 1. The highest BCUT2D eigenvalue weighted by atomic mass is 35.5. The molecule has 2 nitrogen and oxygen atoms in total. The lowest BCUT2D eigenvalue weighted by atomic mass is 10.2. The van der Waals surface area contributed by atoms with E-state index in [-0.39, 0.29) is 6.42 Å². The van der Waals surface area contributed by atoms with Crippen LogP contribution in [0.3, 0.4) is 0 Å². The number of thiophene rings is 1. The van der Waals surface area contributed by atoms with E-state index < -0.39 is 0 Å². The number of halogens is 2. The van der Waals surface area contributed by atoms with Crippen LogP contribution >= 0.6 is 34.5 Å². The highest BCUT2D eigenvalue weighted by molar-refractivity contribution is 7.22. The SMILES string of the molecule is O=CCc1cc2cc(Cl)sc2nc1Cl. The summed E-state index contributed by atoms with van der Waals surface area (Å²) in [6.07, 6.45) is 1.10. The number of fused-ring (bicyclic) bond motifs is 1. The molecular formula is C9H5Cl2NOS. The second-order valence-corrected chi connectivity index (χ2v) is 4.77. The Hall–Kier alpha value is -0.640. The van der Waals surface area contributed by atoms with Gasteiger partial charge in [0.1, 0.15) is 16.3 Å². The second-order valence-electron chi connectivity index (χ2n) is 2.75. The van der Waals surface area contributed by atoms with Gasteiger partial charge in [-0.05, 0) is 17.7 Å². The minimum Gasteiger partial charge on any atom is -0.303 e. The van der Waals surface area contributed by atoms with Crippen molar-refractivity contribution in [1.82, 2.24) is 4.98 Å². The van der Waals surface area contributed by atoms with Crippen LogP contribution in [0.2, 0.25) is 9.49 Å². The van der Waals surface area contributed by atoms with Gasteiger partial charge in [0.2, 0.25) is 0 Å². The van der Waals surface area contributed by atoms with Gasteiger partial charge < -0.3 is 4.79 Å². The van der Waals surface area contributed by atoms with Gasteiger partial charge in [0.05, 0.1) is 4.34 Å². The summed E-state index contributed by atoms with van der Waals surface area (Å²) < 4.78 is 0.673. The van der Waals surface area contributed by atoms with Crippen LogP contribution in [-0.4, -0.2) is 11.3 Å². The van der Waals surface area contributed by atoms with Gasteiger partial charge >= 0.3 is 0 Å². The van der Waals surface area contributed by atoms with Crippen LogP contribution in [0.15, 0.2) is 12.1 Å². The van der Waals surface area contributed by atoms with Crippen molar-refractivity contribution in [2.45, 2.75) is 6.42 Å². The fraction of sp³-hybridized carbons (Fsp3) is 0.111. The molecule has 0 saturated heterocycles. The summed E-state index contributed by atoms with van der Waals surface area (Å²) in [5, 5.41) is 1.31. The predicted molar refractivity (Wildman–Crippen MR) is 59.4 cm³/mol. The van der Waals surface area contributed by atoms with Crippen molar-refractivity contribution >= 4 is 51.0 Å². The van der Waals surface area contributed by atoms with E-state index in [1.807, 2.05) is 12.1 Å². The summed E-state index contributed by atoms with van der Waals surface area (Å²) in [4.78, 5) is 15.3. The maximum absolute atomic E-state index is 10.4. The highest BCUT2D eigenvalue weighted by Crippen LogP contribution is 2.30. The molecule has 0 aliphatic carbocycles. The zero-order chi connectivity index (χ0) is 10.1. The van der Waals surface area contributed by atoms with E-state index in [4.69, 9.17) is 23.2 Å². The lowest BCUT2D eigenvalue weighted by Crippen LogP contribution is -1.89. The van der Waals surface area contributed by atoms with E-state index in [2.05, 4.69) is 4.98 Å². The van der Waals surface area contributed by atoms with Gasteiger partial charge in [-0.3, -0.25) is 0 Å². The monoisotopic (exact) mass is 245 g/mol. The average molecular weight is 246 g/mol. The first kappa shape index (κ1) is 9.90. The summed E-state index contributed by atoms with van der Waals surface area (Å²) in [6.45, 7) is 0. The summed E-state index contributed by atoms with van der Waals surface area (Å²) in [7, 11) is 0. The first-order valence-corrected chi connectivity index (χ1v) is 5.46. The van der Waals surface area contributed by atoms with Gasteiger partial charge in [0.15, 0.2) is 0 Å². The van der Waals surface area contributed by atoms with Gasteiger partial charge in [0.25, 0.3) is 0 Å². The molecule has 5 heteroatoms. The standard InChI is InChI=1S/C9H5Cl2NOS/c10-7-4-6-3-5(1-2-13)8(11)12-9(6)14-7/h2-4H,1H2. The smallest absolute Gasteiger partial charge is 0.134 e. The van der Waals surface area contributed by atoms with Gasteiger partial charge in [-0.25, -0.2) is 4.98 Å². The molecule has 0 aromatic carbocycles. The van der Waals surface area contributed by atoms with Crippen LogP contribution in [0.5, 0.6) is 0 Å². The minimum atomic E-state index is 0.287. The molecule has 0 unspecified atom stereocenters. The zero-order valence-corrected chi connectivity index (χ0v) is 9.29. The van der Waals surface area contributed by atoms with Crippen molar-refractivity contribution in [2.24, 2.45) is 0 Å². The second kappa shape index (κ2) is 3.85. The molecule has 2 aromatic rings. The van der Waals surface area contributed by atoms with Crippen LogP contribution in [0.4, 0.5) is 0 Å². The third kappa shape index (κ3) is 1.75. The molecule has 0 N–H and O–H groups in total. The first-order chi connectivity index (χ1) is 6.70. The van der Waals surface area contributed by atoms with E-state index in [1.54, 1.807) is 0 Å². The van der Waals surface area contributed by atoms with E-state index in [1.165, 1.54) is 11.3 Å². The highest BCUT2D eigenvalue weighted by Gasteiger charge is 2.07. The fourth-order valence-electron chi connectivity index (χ4n) is 1.20. The van der Waals surface area contributed by atoms with Crippen molar-refractivity contribution in [1.29, 1.82) is 0 Å². The number of hydrogen-bond donors (Lipinski definition) is 0. The minimum absolute atomic E-state index is 0.287. The topological polar surface area (TPSA) is 30.0 Å². The molecule has 72 valence electrons. The third-order valence-electron chi connectivity index (χ3n) is 1.81. The lowest BCUT2D eigenvalue weighted by Gasteiger charge is -1.98. The number of hydrogen-bond acceptors (Lipinski definition) is 3. The van der Waals surface area contributed by atoms with Crippen LogP contribution in [0, 0.1) is 0 Å². The van der Waals surface area contributed by atoms with Crippen LogP contribution < -0.4 is 0 Å². The molecule has 0 amide bonds. The maximum atomic E-state index is 10.4. The Labute approximate surface area is 94.5 Å². The molecular weight excluding hydrogens is 241 g/mol. The van der Waals surface area contributed by atoms with Crippen LogP contribution in [0.1, 0.15) is 5.56 Å². The van der Waals surface area contributed by atoms with Crippen molar-refractivity contribution in [2.75, 3.05) is 0 Å². The Bertz CT molecular complexity index is 495. The molecule has 0 saturated carbocycles. The molecule has 14 heavy (non-hydrogen) atoms. The molecule has 0 radical (unpaired) electrons. The quantitative estimate of drug-likeness (QED) is 0.600. The number of aromatic nitrogens is 1. The van der Waals surface area contributed by atoms with Gasteiger partial charge in [0, 0.05) is 11.8 Å². The van der Waals surface area contributed by atoms with Gasteiger partial charge in [-0.15, -0.1) is 11.3 Å². The number of aldehydes is 1. The lowest BCUT2D eigenvalue weighted by molar-refractivity contribution is -0.107. The van der Waals surface area contributed by atoms with Crippen molar-refractivity contribution < 1.29 is 4.79 Å². The molecule has 2 heterocycles. The van der Waals surface area contributed by atoms with E-state index in [0.29, 0.717) is 9.49 Å². The average Bonchev–Trinajstić information content (AvgIpc) is 2.45. The van der Waals surface area contributed by atoms with Gasteiger partial charge in [-0.2, -0.15) is 0 Å². The number of carbonyl (C=O) groups excluding carboxylic acids is 1. The molecule has 0 aliphatic rings. The van der Waals surface area contributed by atoms with Crippen molar-refractivity contribution in [3.05, 3.63) is 27.2 Å². The number of nitrogens with zero attached hydrogens (tertiary/aromatic N) is 1. The third-order valence-corrected chi connectivity index (χ3v) is 3.31. The Morgan fingerprint density at radius 1 is 1.43 bits per heavy atom. The maximum Gasteiger partial charge on any atom is 0.134 e. The van der Waals surface area contributed by atoms with E-state index >= 15 is 0 Å². The molecule has 0 aliphatic heterocycles. The van der Waals surface area contributed by atoms with Crippen molar-refractivity contribution in [3.8, 4) is 0 Å². The summed E-state index contributed by atoms with van der Waals surface area (Å²) in [6, 6.07) is 3.67. The Morgan fingerprint density at radius 2 is 2.21 bits per heavy atom. The normalized spacial score (nSPS) is 10.7. The van der Waals surface area contributed by atoms with Crippen LogP contribution in [0.25, 0.3) is 10.2 Å². The van der Waals surface area contributed by atoms with E-state index in [9.17, 15) is 4.79 Å². The summed E-state index contributed by atoms with van der Waals surface area (Å²) in [5.74, 6) is 0. The molecule has 0 atom stereocenters. The van der Waals surface area contributed by atoms with E-state index in [0.717, 1.165) is 22.1 Å². The predicted octanol–water partition coefficient (Wildman–Crippen LogP) is 3.34. The Morgan fingerprint density at radius 3 is 2.93 bits per heavy atom. The number of rotatable bonds is 2. The zero-order valence-electron chi connectivity index (χ0n) is 6.96. The van der Waals surface area contributed by atoms with Crippen molar-refractivity contribution in [3.63, 3.8) is 0 Å². The molecule has 0 bridgehead atoms. The summed E-state index contributed by atoms with van der Waals surface area (Å²) in [5.41, 5.74) is 0.739.